The van der Waals surface area contributed by atoms with Crippen LogP contribution < -0.4 is 0 Å². The van der Waals surface area contributed by atoms with Gasteiger partial charge < -0.3 is 4.42 Å². The molecule has 4 nitrogen and oxygen atoms in total. The summed E-state index contributed by atoms with van der Waals surface area (Å²) in [5.74, 6) is 1.86. The molecule has 0 saturated carbocycles. The van der Waals surface area contributed by atoms with Gasteiger partial charge in [-0.2, -0.15) is 0 Å². The monoisotopic (exact) mass is 605 g/mol. The lowest BCUT2D eigenvalue weighted by Gasteiger charge is -2.10. The predicted molar refractivity (Wildman–Crippen MR) is 195 cm³/mol. The van der Waals surface area contributed by atoms with E-state index in [9.17, 15) is 0 Å². The molecule has 0 radical (unpaired) electrons. The Kier molecular flexibility index (Phi) is 7.23. The quantitative estimate of drug-likeness (QED) is 0.177. The van der Waals surface area contributed by atoms with Crippen LogP contribution in [-0.4, -0.2) is 15.0 Å². The van der Waals surface area contributed by atoms with Crippen LogP contribution in [0.4, 0.5) is 0 Å². The fraction of sp³-hybridized carbons (Fsp3) is 0.0465. The Balaban J connectivity index is 1.29. The second-order valence-corrected chi connectivity index (χ2v) is 11.6. The number of benzene rings is 6. The second kappa shape index (κ2) is 12.0. The number of hydrogen-bond acceptors (Lipinski definition) is 4. The molecule has 0 aliphatic carbocycles. The van der Waals surface area contributed by atoms with E-state index in [-0.39, 0.29) is 0 Å². The molecule has 0 bridgehead atoms. The van der Waals surface area contributed by atoms with E-state index in [4.69, 9.17) is 19.4 Å². The van der Waals surface area contributed by atoms with E-state index in [1.807, 2.05) is 55.5 Å². The highest BCUT2D eigenvalue weighted by Crippen LogP contribution is 2.38. The van der Waals surface area contributed by atoms with Gasteiger partial charge in [0.05, 0.1) is 0 Å². The number of aromatic nitrogens is 3. The molecule has 0 fully saturated rings. The van der Waals surface area contributed by atoms with Gasteiger partial charge in [-0.3, -0.25) is 0 Å². The number of nitrogens with zero attached hydrogens (tertiary/aromatic N) is 3. The van der Waals surface area contributed by atoms with Crippen molar-refractivity contribution >= 4 is 38.3 Å². The molecule has 0 aliphatic heterocycles. The molecule has 2 aromatic heterocycles. The molecule has 0 saturated heterocycles. The molecular weight excluding hydrogens is 574 g/mol. The summed E-state index contributed by atoms with van der Waals surface area (Å²) >= 11 is 0. The highest BCUT2D eigenvalue weighted by Gasteiger charge is 2.18. The minimum atomic E-state index is 0.605. The maximum absolute atomic E-state index is 6.43. The Morgan fingerprint density at radius 2 is 1.21 bits per heavy atom. The number of rotatable bonds is 6. The van der Waals surface area contributed by atoms with Crippen molar-refractivity contribution in [2.24, 2.45) is 0 Å². The molecule has 0 aliphatic rings. The fourth-order valence-electron chi connectivity index (χ4n) is 6.27. The van der Waals surface area contributed by atoms with Gasteiger partial charge in [-0.05, 0) is 77.2 Å². The van der Waals surface area contributed by atoms with Crippen molar-refractivity contribution < 1.29 is 4.42 Å². The van der Waals surface area contributed by atoms with Crippen molar-refractivity contribution in [2.45, 2.75) is 13.8 Å². The third-order valence-corrected chi connectivity index (χ3v) is 8.60. The van der Waals surface area contributed by atoms with Crippen LogP contribution in [0.3, 0.4) is 0 Å². The summed E-state index contributed by atoms with van der Waals surface area (Å²) in [6.45, 7) is 4.11. The summed E-state index contributed by atoms with van der Waals surface area (Å²) in [7, 11) is 0. The van der Waals surface area contributed by atoms with Crippen LogP contribution in [0.5, 0.6) is 0 Å². The Bertz CT molecular complexity index is 2470. The average Bonchev–Trinajstić information content (AvgIpc) is 3.52. The molecule has 0 N–H and O–H groups in total. The standard InChI is InChI=1S/C43H31N3O/c1-3-12-28(4-2)31-19-20-33-26-35(22-21-32(33)25-31)42-44-41(30-15-9-6-10-16-30)45-43(46-42)37-17-11-18-38-40(37)36-24-23-34(27-39(36)47-38)29-13-7-5-8-14-29/h3-27H,1-2H3/b12-3-,28-4+. The molecule has 8 rings (SSSR count). The fourth-order valence-corrected chi connectivity index (χ4v) is 6.27. The lowest BCUT2D eigenvalue weighted by Crippen LogP contribution is -2.00. The Hall–Kier alpha value is -6.13. The van der Waals surface area contributed by atoms with Gasteiger partial charge in [-0.25, -0.2) is 15.0 Å². The second-order valence-electron chi connectivity index (χ2n) is 11.6. The summed E-state index contributed by atoms with van der Waals surface area (Å²) in [6, 6.07) is 45.9. The van der Waals surface area contributed by atoms with Gasteiger partial charge in [0.1, 0.15) is 11.2 Å². The van der Waals surface area contributed by atoms with Gasteiger partial charge in [-0.1, -0.05) is 121 Å². The van der Waals surface area contributed by atoms with Crippen LogP contribution in [0.1, 0.15) is 19.4 Å². The minimum absolute atomic E-state index is 0.605. The van der Waals surface area contributed by atoms with Crippen LogP contribution in [0.2, 0.25) is 0 Å². The predicted octanol–water partition coefficient (Wildman–Crippen LogP) is 11.6. The van der Waals surface area contributed by atoms with E-state index in [0.717, 1.165) is 60.5 Å². The largest absolute Gasteiger partial charge is 0.456 e. The van der Waals surface area contributed by atoms with Crippen molar-refractivity contribution in [1.29, 1.82) is 0 Å². The van der Waals surface area contributed by atoms with Gasteiger partial charge >= 0.3 is 0 Å². The first kappa shape index (κ1) is 28.4. The van der Waals surface area contributed by atoms with E-state index in [1.54, 1.807) is 0 Å². The molecule has 0 unspecified atom stereocenters. The van der Waals surface area contributed by atoms with E-state index in [1.165, 1.54) is 11.1 Å². The summed E-state index contributed by atoms with van der Waals surface area (Å²) in [5, 5.41) is 4.31. The maximum atomic E-state index is 6.43. The van der Waals surface area contributed by atoms with Crippen LogP contribution >= 0.6 is 0 Å². The first-order valence-corrected chi connectivity index (χ1v) is 15.8. The normalized spacial score (nSPS) is 12.1. The smallest absolute Gasteiger partial charge is 0.164 e. The zero-order valence-corrected chi connectivity index (χ0v) is 26.2. The molecule has 6 aromatic carbocycles. The zero-order chi connectivity index (χ0) is 31.7. The van der Waals surface area contributed by atoms with E-state index in [0.29, 0.717) is 17.5 Å². The summed E-state index contributed by atoms with van der Waals surface area (Å²) in [6.07, 6.45) is 6.35. The average molecular weight is 606 g/mol. The van der Waals surface area contributed by atoms with Crippen LogP contribution in [0.25, 0.3) is 83.6 Å². The lowest BCUT2D eigenvalue weighted by atomic mass is 9.99. The molecule has 47 heavy (non-hydrogen) atoms. The van der Waals surface area contributed by atoms with Gasteiger partial charge in [0.25, 0.3) is 0 Å². The van der Waals surface area contributed by atoms with Gasteiger partial charge in [0, 0.05) is 27.5 Å². The van der Waals surface area contributed by atoms with Crippen LogP contribution in [0, 0.1) is 0 Å². The highest BCUT2D eigenvalue weighted by molar-refractivity contribution is 6.12. The maximum Gasteiger partial charge on any atom is 0.164 e. The summed E-state index contributed by atoms with van der Waals surface area (Å²) < 4.78 is 6.43. The molecule has 224 valence electrons. The molecule has 4 heteroatoms. The van der Waals surface area contributed by atoms with Crippen molar-refractivity contribution in [3.8, 4) is 45.3 Å². The molecule has 0 amide bonds. The van der Waals surface area contributed by atoms with Crippen molar-refractivity contribution in [3.63, 3.8) is 0 Å². The van der Waals surface area contributed by atoms with E-state index in [2.05, 4.69) is 110 Å². The number of fused-ring (bicyclic) bond motifs is 4. The van der Waals surface area contributed by atoms with E-state index >= 15 is 0 Å². The first-order chi connectivity index (χ1) is 23.2. The SMILES string of the molecule is C/C=C\C(=C/C)c1ccc2cc(-c3nc(-c4ccccc4)nc(-c4cccc5oc6cc(-c7ccccc7)ccc6c45)n3)ccc2c1. The molecule has 0 spiro atoms. The van der Waals surface area contributed by atoms with Crippen LogP contribution in [0.15, 0.2) is 156 Å². The zero-order valence-electron chi connectivity index (χ0n) is 26.2. The van der Waals surface area contributed by atoms with Gasteiger partial charge in [-0.15, -0.1) is 0 Å². The Labute approximate surface area is 273 Å². The first-order valence-electron chi connectivity index (χ1n) is 15.8. The third kappa shape index (κ3) is 5.30. The Morgan fingerprint density at radius 3 is 1.98 bits per heavy atom. The summed E-state index contributed by atoms with van der Waals surface area (Å²) in [5.41, 5.74) is 9.05. The van der Waals surface area contributed by atoms with Crippen molar-refractivity contribution in [3.05, 3.63) is 157 Å². The number of furan rings is 1. The third-order valence-electron chi connectivity index (χ3n) is 8.60. The lowest BCUT2D eigenvalue weighted by molar-refractivity contribution is 0.669. The topological polar surface area (TPSA) is 51.8 Å². The van der Waals surface area contributed by atoms with Crippen molar-refractivity contribution in [1.82, 2.24) is 15.0 Å². The minimum Gasteiger partial charge on any atom is -0.456 e. The number of hydrogen-bond donors (Lipinski definition) is 0. The molecule has 0 atom stereocenters. The molecule has 2 heterocycles. The summed E-state index contributed by atoms with van der Waals surface area (Å²) in [4.78, 5) is 15.2. The van der Waals surface area contributed by atoms with Gasteiger partial charge in [0.15, 0.2) is 17.5 Å². The Morgan fingerprint density at radius 1 is 0.532 bits per heavy atom. The number of allylic oxidation sites excluding steroid dienone is 4. The molecular formula is C43H31N3O. The molecule has 8 aromatic rings. The van der Waals surface area contributed by atoms with Crippen molar-refractivity contribution in [2.75, 3.05) is 0 Å². The van der Waals surface area contributed by atoms with E-state index < -0.39 is 0 Å². The highest BCUT2D eigenvalue weighted by atomic mass is 16.3. The van der Waals surface area contributed by atoms with Gasteiger partial charge in [0.2, 0.25) is 0 Å². The van der Waals surface area contributed by atoms with Crippen LogP contribution in [-0.2, 0) is 0 Å².